The second-order valence-corrected chi connectivity index (χ2v) is 26.4. The summed E-state index contributed by atoms with van der Waals surface area (Å²) < 4.78 is 24.4. The molecule has 7 aromatic rings. The first-order valence-corrected chi connectivity index (χ1v) is 29.7. The fourth-order valence-corrected chi connectivity index (χ4v) is 6.51. The number of carbonyl (C=O) groups is 6. The van der Waals surface area contributed by atoms with Crippen molar-refractivity contribution in [2.24, 2.45) is 11.8 Å². The van der Waals surface area contributed by atoms with Crippen molar-refractivity contribution < 1.29 is 62.7 Å². The van der Waals surface area contributed by atoms with Gasteiger partial charge in [0.15, 0.2) is 27.1 Å². The maximum absolute atomic E-state index is 12.1. The van der Waals surface area contributed by atoms with Gasteiger partial charge in [-0.3, -0.25) is 14.4 Å². The first kappa shape index (κ1) is 82.0. The molecule has 0 radical (unpaired) electrons. The molecule has 0 aliphatic carbocycles. The summed E-state index contributed by atoms with van der Waals surface area (Å²) in [7, 11) is 4.31. The second-order valence-electron chi connectivity index (χ2n) is 16.7. The van der Waals surface area contributed by atoms with Crippen molar-refractivity contribution in [3.8, 4) is 23.0 Å². The Balaban J connectivity index is 0.00000104. The zero-order valence-corrected chi connectivity index (χ0v) is 57.1. The van der Waals surface area contributed by atoms with E-state index in [0.717, 1.165) is 0 Å². The van der Waals surface area contributed by atoms with Crippen LogP contribution in [0.3, 0.4) is 0 Å². The number of ether oxygens (including phenoxy) is 5. The lowest BCUT2D eigenvalue weighted by molar-refractivity contribution is -0.138. The molecule has 0 atom stereocenters. The van der Waals surface area contributed by atoms with Gasteiger partial charge in [-0.05, 0) is 121 Å². The number of nitrogens with two attached hydrogens (primary N) is 1. The Morgan fingerprint density at radius 1 is 0.545 bits per heavy atom. The number of aromatic nitrogens is 6. The summed E-state index contributed by atoms with van der Waals surface area (Å²) in [5.74, 6) is -1.01. The van der Waals surface area contributed by atoms with Crippen LogP contribution in [0.4, 0.5) is 22.2 Å². The number of nitrogens with one attached hydrogen (secondary N) is 2. The maximum atomic E-state index is 12.1. The maximum Gasteiger partial charge on any atom is 0.403 e. The number of hydrogen-bond donors (Lipinski definition) is 5. The first-order valence-electron chi connectivity index (χ1n) is 24.0. The number of amides is 2. The molecule has 7 rings (SSSR count). The van der Waals surface area contributed by atoms with Gasteiger partial charge in [0.25, 0.3) is 11.8 Å². The highest BCUT2D eigenvalue weighted by molar-refractivity contribution is 9.69. The number of hydrogen-bond acceptors (Lipinski definition) is 19. The largest absolute Gasteiger partial charge is 0.507 e. The van der Waals surface area contributed by atoms with E-state index in [2.05, 4.69) is 93.2 Å². The summed E-state index contributed by atoms with van der Waals surface area (Å²) in [4.78, 5) is 67.6. The third kappa shape index (κ3) is 35.2. The van der Waals surface area contributed by atoms with E-state index in [-0.39, 0.29) is 67.3 Å². The fraction of sp³-hybridized carbons (Fsp3) is 0.222. The molecule has 474 valence electrons. The van der Waals surface area contributed by atoms with E-state index in [1.807, 2.05) is 27.7 Å². The third-order valence-electron chi connectivity index (χ3n) is 9.09. The Labute approximate surface area is 572 Å². The number of nitrogen functional groups attached to an aromatic ring is 1. The highest BCUT2D eigenvalue weighted by Crippen LogP contribution is 2.27. The van der Waals surface area contributed by atoms with Gasteiger partial charge < -0.3 is 50.3 Å². The molecule has 3 aromatic heterocycles. The molecule has 34 heteroatoms. The SMILES string of the molecule is BrB(Br)Br.C.CC(C)COC(=O)Cl.COc1ccc(Cl)cc1C(=O)Nc1ccc(Cl)nn1.COc1ccc(Cl)cc1C(=O)O.COc1ccc(Cl)cc1C(=O)OC(=O)CC(C)C.Nc1ccc(Cl)nn1.O=C(Nc1ccc(Cl)nn1)c1cc(Cl)ccc1O. The molecule has 6 N–H and O–H groups in total. The quantitative estimate of drug-likeness (QED) is 0.0310. The summed E-state index contributed by atoms with van der Waals surface area (Å²) in [5.41, 5.74) is 5.05. The van der Waals surface area contributed by atoms with Gasteiger partial charge in [-0.15, -0.1) is 77.9 Å². The molecule has 0 spiro atoms. The van der Waals surface area contributed by atoms with Crippen molar-refractivity contribution in [1.29, 1.82) is 0 Å². The molecular formula is C54H55BBr3Cl8N9O13. The van der Waals surface area contributed by atoms with Crippen LogP contribution in [0.1, 0.15) is 83.0 Å². The number of aromatic carboxylic acids is 1. The van der Waals surface area contributed by atoms with E-state index < -0.39 is 35.2 Å². The molecule has 3 heterocycles. The lowest BCUT2D eigenvalue weighted by Gasteiger charge is -2.08. The molecule has 0 aliphatic rings. The molecule has 0 aliphatic heterocycles. The predicted molar refractivity (Wildman–Crippen MR) is 357 cm³/mol. The summed E-state index contributed by atoms with van der Waals surface area (Å²) in [6.07, 6.45) is 0.189. The predicted octanol–water partition coefficient (Wildman–Crippen LogP) is 16.4. The van der Waals surface area contributed by atoms with Crippen LogP contribution >= 0.6 is 140 Å². The van der Waals surface area contributed by atoms with Crippen molar-refractivity contribution in [3.05, 3.63) is 167 Å². The van der Waals surface area contributed by atoms with E-state index in [4.69, 9.17) is 123 Å². The molecule has 88 heavy (non-hydrogen) atoms. The van der Waals surface area contributed by atoms with Crippen molar-refractivity contribution in [1.82, 2.24) is 30.6 Å². The lowest BCUT2D eigenvalue weighted by atomic mass is 10.1. The molecule has 0 saturated carbocycles. The standard InChI is InChI=1S/C13H15ClO4.C12H9Cl2N3O2.C11H7Cl2N3O2.C8H7ClO3.C5H9ClO2.C4H4ClN3.CH4.BBr3/c1-8(2)6-12(15)18-13(16)10-7-9(14)4-5-11(10)17-3;1-19-9-3-2-7(13)6-8(9)12(18)15-11-5-4-10(14)16-17-11;12-6-1-2-8(17)7(5-6)11(18)14-10-4-3-9(13)15-16-10;1-12-7-3-2-5(9)4-6(7)8(10)11;1-4(2)3-8-5(6)7;5-3-1-2-4(6)8-7-3;;2-1(3)4/h4-5,7-8H,6H2,1-3H3;2-6H,1H3,(H,15,17,18);1-5,17H,(H,14,16,18);2-4H,1H3,(H,10,11);4H,3H2,1-2H3;1-2H,(H2,6,8);1H4;. The van der Waals surface area contributed by atoms with Crippen LogP contribution < -0.4 is 30.6 Å². The molecule has 0 bridgehead atoms. The minimum Gasteiger partial charge on any atom is -0.507 e. The average Bonchev–Trinajstić information content (AvgIpc) is 3.66. The van der Waals surface area contributed by atoms with E-state index in [1.165, 1.54) is 82.0 Å². The Hall–Kier alpha value is -6.04. The van der Waals surface area contributed by atoms with Crippen molar-refractivity contribution >= 4 is 196 Å². The molecular weight excluding hydrogens is 1520 g/mol. The Kier molecular flexibility index (Phi) is 41.4. The molecule has 4 aromatic carbocycles. The topological polar surface area (TPSA) is 316 Å². The van der Waals surface area contributed by atoms with Gasteiger partial charge in [0.2, 0.25) is 0 Å². The van der Waals surface area contributed by atoms with Crippen LogP contribution in [0.25, 0.3) is 0 Å². The summed E-state index contributed by atoms with van der Waals surface area (Å²) in [6, 6.07) is 27.2. The number of phenols is 1. The van der Waals surface area contributed by atoms with Gasteiger partial charge in [-0.2, -0.15) is 0 Å². The normalized spacial score (nSPS) is 9.64. The fourth-order valence-electron chi connectivity index (χ4n) is 5.46. The minimum absolute atomic E-state index is 0. The molecule has 2 amide bonds. The zero-order valence-electron chi connectivity index (χ0n) is 46.3. The summed E-state index contributed by atoms with van der Waals surface area (Å²) >= 11 is 53.7. The van der Waals surface area contributed by atoms with Gasteiger partial charge in [0, 0.05) is 38.1 Å². The van der Waals surface area contributed by atoms with Crippen LogP contribution in [-0.4, -0.2) is 107 Å². The minimum atomic E-state index is -1.05. The highest BCUT2D eigenvalue weighted by Gasteiger charge is 2.19. The Bertz CT molecular complexity index is 3320. The number of carboxylic acids is 1. The van der Waals surface area contributed by atoms with E-state index in [0.29, 0.717) is 66.4 Å². The van der Waals surface area contributed by atoms with E-state index in [1.54, 1.807) is 48.5 Å². The number of phenolic OH excluding ortho intramolecular Hbond substituents is 1. The molecule has 22 nitrogen and oxygen atoms in total. The number of rotatable bonds is 13. The van der Waals surface area contributed by atoms with Gasteiger partial charge in [-0.1, -0.05) is 116 Å². The number of benzene rings is 4. The number of carboxylic acid groups (broad SMARTS) is 1. The number of halogens is 11. The smallest absolute Gasteiger partial charge is 0.403 e. The molecule has 0 unspecified atom stereocenters. The Morgan fingerprint density at radius 2 is 0.920 bits per heavy atom. The second kappa shape index (κ2) is 44.4. The van der Waals surface area contributed by atoms with Crippen LogP contribution in [0.15, 0.2) is 109 Å². The number of nitrogens with zero attached hydrogens (tertiary/aromatic N) is 6. The summed E-state index contributed by atoms with van der Waals surface area (Å²) in [5, 5.41) is 47.2. The molecule has 0 fully saturated rings. The third-order valence-corrected chi connectivity index (χ3v) is 10.7. The average molecular weight is 1570 g/mol. The highest BCUT2D eigenvalue weighted by atomic mass is 79.9. The Morgan fingerprint density at radius 3 is 1.27 bits per heavy atom. The monoisotopic (exact) mass is 1560 g/mol. The number of methoxy groups -OCH3 is 3. The zero-order chi connectivity index (χ0) is 65.9. The van der Waals surface area contributed by atoms with Crippen LogP contribution in [0.2, 0.25) is 35.5 Å². The van der Waals surface area contributed by atoms with Crippen LogP contribution in [-0.2, 0) is 14.3 Å². The lowest BCUT2D eigenvalue weighted by Crippen LogP contribution is -2.15. The van der Waals surface area contributed by atoms with Crippen molar-refractivity contribution in [2.75, 3.05) is 44.3 Å². The molecule has 0 saturated heterocycles. The number of aromatic hydroxyl groups is 1. The first-order chi connectivity index (χ1) is 40.9. The van der Waals surface area contributed by atoms with Crippen molar-refractivity contribution in [2.45, 2.75) is 41.5 Å². The van der Waals surface area contributed by atoms with Gasteiger partial charge >= 0.3 is 26.5 Å². The van der Waals surface area contributed by atoms with Gasteiger partial charge in [0.05, 0.1) is 39.1 Å². The number of esters is 2. The van der Waals surface area contributed by atoms with E-state index >= 15 is 0 Å². The van der Waals surface area contributed by atoms with Crippen LogP contribution in [0, 0.1) is 11.8 Å². The van der Waals surface area contributed by atoms with E-state index in [9.17, 15) is 33.9 Å². The van der Waals surface area contributed by atoms with Gasteiger partial charge in [0.1, 0.15) is 39.9 Å². The van der Waals surface area contributed by atoms with Crippen molar-refractivity contribution in [3.63, 3.8) is 0 Å². The number of anilines is 3. The van der Waals surface area contributed by atoms with Gasteiger partial charge in [-0.25, -0.2) is 14.4 Å². The summed E-state index contributed by atoms with van der Waals surface area (Å²) in [6.45, 7) is 8.03. The van der Waals surface area contributed by atoms with Crippen LogP contribution in [0.5, 0.6) is 23.0 Å². The number of carbonyl (C=O) groups excluding carboxylic acids is 5.